The van der Waals surface area contributed by atoms with Gasteiger partial charge >= 0.3 is 0 Å². The minimum Gasteiger partial charge on any atom is -0.399 e. The van der Waals surface area contributed by atoms with Gasteiger partial charge in [0.2, 0.25) is 0 Å². The van der Waals surface area contributed by atoms with E-state index in [9.17, 15) is 5.11 Å². The summed E-state index contributed by atoms with van der Waals surface area (Å²) in [6.45, 7) is 6.76. The number of hydrogen-bond donors (Lipinski definition) is 2. The van der Waals surface area contributed by atoms with E-state index in [1.807, 2.05) is 18.2 Å². The summed E-state index contributed by atoms with van der Waals surface area (Å²) in [5.74, 6) is -0.199. The van der Waals surface area contributed by atoms with Gasteiger partial charge in [-0.25, -0.2) is 4.39 Å². The first-order valence-corrected chi connectivity index (χ1v) is 11.7. The molecule has 0 amide bonds. The highest BCUT2D eigenvalue weighted by molar-refractivity contribution is 5.91. The Morgan fingerprint density at radius 1 is 1.16 bits per heavy atom. The zero-order valence-electron chi connectivity index (χ0n) is 18.5. The van der Waals surface area contributed by atoms with Crippen molar-refractivity contribution < 1.29 is 9.50 Å². The van der Waals surface area contributed by atoms with E-state index in [1.54, 1.807) is 12.1 Å². The van der Waals surface area contributed by atoms with Gasteiger partial charge in [-0.1, -0.05) is 68.7 Å². The number of aliphatic hydroxyl groups excluding tert-OH is 1. The molecule has 2 aromatic carbocycles. The third-order valence-corrected chi connectivity index (χ3v) is 7.45. The Hall–Kier alpha value is -2.39. The topological polar surface area (TPSA) is 46.2 Å². The van der Waals surface area contributed by atoms with E-state index in [0.29, 0.717) is 17.7 Å². The van der Waals surface area contributed by atoms with Crippen LogP contribution in [0.1, 0.15) is 69.4 Å². The number of benzene rings is 2. The van der Waals surface area contributed by atoms with Crippen LogP contribution < -0.4 is 5.73 Å². The molecule has 1 fully saturated rings. The molecule has 4 rings (SSSR count). The van der Waals surface area contributed by atoms with E-state index in [0.717, 1.165) is 42.4 Å². The fourth-order valence-corrected chi connectivity index (χ4v) is 5.97. The third-order valence-electron chi connectivity index (χ3n) is 7.45. The number of nitrogens with two attached hydrogens (primary N) is 1. The van der Waals surface area contributed by atoms with Gasteiger partial charge in [0.05, 0.1) is 6.10 Å². The van der Waals surface area contributed by atoms with Crippen LogP contribution >= 0.6 is 0 Å². The summed E-state index contributed by atoms with van der Waals surface area (Å²) in [6.07, 6.45) is 7.52. The van der Waals surface area contributed by atoms with Crippen LogP contribution in [0.2, 0.25) is 0 Å². The molecule has 0 bridgehead atoms. The second-order valence-electron chi connectivity index (χ2n) is 9.26. The van der Waals surface area contributed by atoms with Gasteiger partial charge in [0, 0.05) is 22.6 Å². The fraction of sp³-hybridized carbons (Fsp3) is 0.429. The van der Waals surface area contributed by atoms with Gasteiger partial charge in [0.25, 0.3) is 0 Å². The minimum absolute atomic E-state index is 0.0391. The molecular formula is C28H34FNO. The van der Waals surface area contributed by atoms with Gasteiger partial charge in [-0.3, -0.25) is 0 Å². The van der Waals surface area contributed by atoms with E-state index in [-0.39, 0.29) is 11.7 Å². The van der Waals surface area contributed by atoms with Crippen molar-refractivity contribution in [2.45, 2.75) is 64.4 Å². The Morgan fingerprint density at radius 2 is 1.94 bits per heavy atom. The lowest BCUT2D eigenvalue weighted by molar-refractivity contribution is 0.119. The van der Waals surface area contributed by atoms with E-state index < -0.39 is 11.5 Å². The molecular weight excluding hydrogens is 385 g/mol. The lowest BCUT2D eigenvalue weighted by Gasteiger charge is -2.37. The van der Waals surface area contributed by atoms with Crippen LogP contribution in [0.5, 0.6) is 0 Å². The van der Waals surface area contributed by atoms with Crippen LogP contribution in [0.3, 0.4) is 0 Å². The summed E-state index contributed by atoms with van der Waals surface area (Å²) in [7, 11) is 0. The molecule has 2 aliphatic rings. The Balaban J connectivity index is 1.86. The van der Waals surface area contributed by atoms with E-state index in [4.69, 9.17) is 5.73 Å². The molecule has 3 atom stereocenters. The molecule has 1 saturated carbocycles. The number of halogens is 1. The summed E-state index contributed by atoms with van der Waals surface area (Å²) in [6, 6.07) is 15.1. The van der Waals surface area contributed by atoms with Crippen molar-refractivity contribution >= 4 is 16.8 Å². The molecule has 3 heteroatoms. The smallest absolute Gasteiger partial charge is 0.130 e. The molecule has 2 aliphatic carbocycles. The van der Waals surface area contributed by atoms with Gasteiger partial charge in [0.15, 0.2) is 0 Å². The monoisotopic (exact) mass is 419 g/mol. The third kappa shape index (κ3) is 3.85. The largest absolute Gasteiger partial charge is 0.399 e. The summed E-state index contributed by atoms with van der Waals surface area (Å²) >= 11 is 0. The summed E-state index contributed by atoms with van der Waals surface area (Å²) in [5, 5.41) is 11.0. The highest BCUT2D eigenvalue weighted by Crippen LogP contribution is 2.66. The molecule has 0 aliphatic heterocycles. The number of unbranched alkanes of at least 4 members (excludes halogenated alkanes) is 3. The maximum absolute atomic E-state index is 15.2. The van der Waals surface area contributed by atoms with Gasteiger partial charge in [-0.2, -0.15) is 0 Å². The van der Waals surface area contributed by atoms with E-state index in [1.165, 1.54) is 30.9 Å². The van der Waals surface area contributed by atoms with Gasteiger partial charge in [-0.05, 0) is 67.0 Å². The zero-order chi connectivity index (χ0) is 22.0. The summed E-state index contributed by atoms with van der Waals surface area (Å²) in [5.41, 5.74) is 11.2. The summed E-state index contributed by atoms with van der Waals surface area (Å²) in [4.78, 5) is 0. The fourth-order valence-electron chi connectivity index (χ4n) is 5.97. The first-order chi connectivity index (χ1) is 15.0. The lowest BCUT2D eigenvalue weighted by atomic mass is 9.66. The number of nitrogen functional groups attached to an aromatic ring is 1. The predicted molar refractivity (Wildman–Crippen MR) is 128 cm³/mol. The molecule has 164 valence electrons. The molecule has 0 aromatic heterocycles. The van der Waals surface area contributed by atoms with Gasteiger partial charge < -0.3 is 10.8 Å². The Morgan fingerprint density at radius 3 is 2.68 bits per heavy atom. The van der Waals surface area contributed by atoms with Crippen LogP contribution in [0.15, 0.2) is 60.7 Å². The lowest BCUT2D eigenvalue weighted by Crippen LogP contribution is -2.29. The first kappa shape index (κ1) is 21.8. The van der Waals surface area contributed by atoms with Crippen LogP contribution in [0.25, 0.3) is 11.1 Å². The molecule has 0 spiro atoms. The van der Waals surface area contributed by atoms with Gasteiger partial charge in [-0.15, -0.1) is 0 Å². The Kier molecular flexibility index (Phi) is 6.34. The number of allylic oxidation sites excluding steroid dienone is 3. The van der Waals surface area contributed by atoms with E-state index >= 15 is 4.39 Å². The van der Waals surface area contributed by atoms with Crippen LogP contribution in [0, 0.1) is 17.2 Å². The number of hydrogen-bond acceptors (Lipinski definition) is 2. The Bertz CT molecular complexity index is 980. The second-order valence-corrected chi connectivity index (χ2v) is 9.26. The molecule has 2 nitrogen and oxygen atoms in total. The zero-order valence-corrected chi connectivity index (χ0v) is 18.5. The quantitative estimate of drug-likeness (QED) is 0.357. The normalized spacial score (nSPS) is 25.1. The number of anilines is 1. The van der Waals surface area contributed by atoms with Crippen LogP contribution in [0.4, 0.5) is 10.1 Å². The second kappa shape index (κ2) is 9.00. The van der Waals surface area contributed by atoms with Crippen molar-refractivity contribution in [3.63, 3.8) is 0 Å². The average Bonchev–Trinajstić information content (AvgIpc) is 3.28. The first-order valence-electron chi connectivity index (χ1n) is 11.7. The Labute approximate surface area is 185 Å². The standard InChI is InChI=1S/C28H34FNO/c1-3-4-5-7-12-21-17-24-26(31)15-16-28(24,19(2)20-10-8-6-9-11-20)27(21)23-18-22(30)13-14-25(23)29/h6,8-11,13-14,18,24,26,31H,2-5,7,12,15-17,30H2,1H3. The number of rotatable bonds is 8. The van der Waals surface area contributed by atoms with Crippen molar-refractivity contribution in [3.8, 4) is 0 Å². The van der Waals surface area contributed by atoms with Crippen molar-refractivity contribution in [3.05, 3.63) is 77.6 Å². The molecule has 3 N–H and O–H groups in total. The van der Waals surface area contributed by atoms with Crippen molar-refractivity contribution in [2.24, 2.45) is 11.3 Å². The van der Waals surface area contributed by atoms with Crippen molar-refractivity contribution in [1.29, 1.82) is 0 Å². The van der Waals surface area contributed by atoms with E-state index in [2.05, 4.69) is 25.6 Å². The molecule has 0 heterocycles. The van der Waals surface area contributed by atoms with Gasteiger partial charge in [0.1, 0.15) is 5.82 Å². The number of aliphatic hydroxyl groups is 1. The molecule has 3 unspecified atom stereocenters. The van der Waals surface area contributed by atoms with Crippen LogP contribution in [-0.4, -0.2) is 11.2 Å². The molecule has 2 aromatic rings. The average molecular weight is 420 g/mol. The highest BCUT2D eigenvalue weighted by Gasteiger charge is 2.57. The van der Waals surface area contributed by atoms with Crippen molar-refractivity contribution in [1.82, 2.24) is 0 Å². The maximum Gasteiger partial charge on any atom is 0.130 e. The molecule has 0 saturated heterocycles. The predicted octanol–water partition coefficient (Wildman–Crippen LogP) is 7.01. The minimum atomic E-state index is -0.449. The maximum atomic E-state index is 15.2. The summed E-state index contributed by atoms with van der Waals surface area (Å²) < 4.78 is 15.2. The molecule has 0 radical (unpaired) electrons. The SMILES string of the molecule is C=C(c1ccccc1)C12CCC(O)C1CC(CCCCCC)=C2c1cc(N)ccc1F. The van der Waals surface area contributed by atoms with Crippen LogP contribution in [-0.2, 0) is 0 Å². The van der Waals surface area contributed by atoms with Crippen molar-refractivity contribution in [2.75, 3.05) is 5.73 Å². The molecule has 31 heavy (non-hydrogen) atoms. The number of fused-ring (bicyclic) bond motifs is 1. The highest BCUT2D eigenvalue weighted by atomic mass is 19.1.